The van der Waals surface area contributed by atoms with E-state index in [-0.39, 0.29) is 41.1 Å². The lowest BCUT2D eigenvalue weighted by atomic mass is 10.3. The predicted octanol–water partition coefficient (Wildman–Crippen LogP) is 3.05. The number of anilines is 4. The van der Waals surface area contributed by atoms with Crippen LogP contribution in [0.2, 0.25) is 0 Å². The summed E-state index contributed by atoms with van der Waals surface area (Å²) in [6, 6.07) is 5.27. The van der Waals surface area contributed by atoms with Crippen LogP contribution in [0.3, 0.4) is 0 Å². The molecule has 6 amide bonds. The minimum Gasteiger partial charge on any atom is -0.351 e. The minimum absolute atomic E-state index is 0. The molecule has 0 aromatic carbocycles. The first-order chi connectivity index (χ1) is 23.2. The number of carbonyl (C=O) groups excluding carboxylic acids is 5. The number of hydrogen-bond acceptors (Lipinski definition) is 8. The van der Waals surface area contributed by atoms with Gasteiger partial charge in [0.25, 0.3) is 23.6 Å². The number of nitrogens with one attached hydrogen (secondary N) is 5. The van der Waals surface area contributed by atoms with Crippen LogP contribution in [0.1, 0.15) is 48.4 Å². The Morgan fingerprint density at radius 3 is 1.28 bits per heavy atom. The van der Waals surface area contributed by atoms with Crippen molar-refractivity contribution < 1.29 is 24.0 Å². The second kappa shape index (κ2) is 16.5. The van der Waals surface area contributed by atoms with Gasteiger partial charge in [0.05, 0.1) is 28.0 Å². The highest BCUT2D eigenvalue weighted by Gasteiger charge is 2.20. The molecule has 0 saturated carbocycles. The fourth-order valence-electron chi connectivity index (χ4n) is 4.95. The van der Waals surface area contributed by atoms with Gasteiger partial charge in [0.1, 0.15) is 22.8 Å². The zero-order chi connectivity index (χ0) is 36.0. The topological polar surface area (TPSA) is 201 Å². The Morgan fingerprint density at radius 2 is 0.940 bits per heavy atom. The molecule has 0 bridgehead atoms. The summed E-state index contributed by atoms with van der Waals surface area (Å²) in [5.41, 5.74) is 2.52. The highest BCUT2D eigenvalue weighted by Crippen LogP contribution is 2.21. The molecule has 50 heavy (non-hydrogen) atoms. The Kier molecular flexibility index (Phi) is 12.7. The molecule has 0 fully saturated rings. The fraction of sp³-hybridized carbons (Fsp3) is 0.323. The Bertz CT molecular complexity index is 1900. The molecule has 4 rings (SSSR count). The van der Waals surface area contributed by atoms with E-state index in [1.165, 1.54) is 40.6 Å². The molecule has 5 N–H and O–H groups in total. The molecule has 268 valence electrons. The number of nitrogens with zero attached hydrogens (tertiary/aromatic N) is 7. The van der Waals surface area contributed by atoms with Gasteiger partial charge in [-0.15, -0.1) is 17.3 Å². The number of amides is 6. The summed E-state index contributed by atoms with van der Waals surface area (Å²) in [6.07, 6.45) is 7.09. The standard InChI is InChI=1S/C31H40N12O6.ClH/c1-38(2)10-8-9-32-27(44)23-11-19(15-39(23)3)33-28(45)24-12-20(16-40(24)4)34-29(46)25-13-21(17-41(25)5)35-30(47)26-14-22(18-42(26)6)36-31(48)43(7)37-49;/h11-18H,8-10H2,1-7H3,(H,32,44)(H,33,45)(H,34,46)(H,35,47)(H,36,48);1H. The second-order valence-electron chi connectivity index (χ2n) is 11.7. The average Bonchev–Trinajstić information content (AvgIpc) is 3.79. The molecule has 0 aliphatic carbocycles. The van der Waals surface area contributed by atoms with Crippen LogP contribution < -0.4 is 26.6 Å². The Morgan fingerprint density at radius 1 is 0.600 bits per heavy atom. The van der Waals surface area contributed by atoms with E-state index in [9.17, 15) is 28.9 Å². The van der Waals surface area contributed by atoms with Gasteiger partial charge in [0.15, 0.2) is 0 Å². The molecular weight excluding hydrogens is 672 g/mol. The third-order valence-corrected chi connectivity index (χ3v) is 7.46. The summed E-state index contributed by atoms with van der Waals surface area (Å²) in [7, 11) is 11.7. The lowest BCUT2D eigenvalue weighted by molar-refractivity contribution is 0.0942. The van der Waals surface area contributed by atoms with Gasteiger partial charge >= 0.3 is 6.03 Å². The first-order valence-corrected chi connectivity index (χ1v) is 15.1. The van der Waals surface area contributed by atoms with Crippen LogP contribution in [-0.4, -0.2) is 92.1 Å². The average molecular weight is 713 g/mol. The summed E-state index contributed by atoms with van der Waals surface area (Å²) in [5.74, 6) is -1.67. The van der Waals surface area contributed by atoms with Crippen molar-refractivity contribution in [3.05, 3.63) is 76.7 Å². The maximum Gasteiger partial charge on any atom is 0.344 e. The largest absolute Gasteiger partial charge is 0.351 e. The van der Waals surface area contributed by atoms with Gasteiger partial charge in [0.2, 0.25) is 0 Å². The van der Waals surface area contributed by atoms with Crippen molar-refractivity contribution in [3.8, 4) is 0 Å². The Balaban J connectivity index is 0.00000676. The number of aryl methyl sites for hydroxylation is 4. The van der Waals surface area contributed by atoms with Crippen LogP contribution in [0, 0.1) is 4.91 Å². The predicted molar refractivity (Wildman–Crippen MR) is 191 cm³/mol. The normalized spacial score (nSPS) is 10.6. The van der Waals surface area contributed by atoms with Crippen molar-refractivity contribution in [2.24, 2.45) is 33.5 Å². The molecule has 0 atom stereocenters. The van der Waals surface area contributed by atoms with Crippen molar-refractivity contribution in [1.29, 1.82) is 0 Å². The van der Waals surface area contributed by atoms with Crippen LogP contribution in [0.15, 0.2) is 54.3 Å². The number of aromatic nitrogens is 4. The molecule has 19 heteroatoms. The number of nitroso groups, excluding NO2 is 1. The third-order valence-electron chi connectivity index (χ3n) is 7.46. The summed E-state index contributed by atoms with van der Waals surface area (Å²) < 4.78 is 6.22. The number of hydrogen-bond donors (Lipinski definition) is 5. The molecule has 0 saturated heterocycles. The SMILES string of the molecule is CN(C)CCCNC(=O)c1cc(NC(=O)c2cc(NC(=O)c3cc(NC(=O)c4cc(NC(=O)N(C)N=O)cn4C)cn3C)cn2C)cn1C.Cl. The lowest BCUT2D eigenvalue weighted by Crippen LogP contribution is -2.28. The summed E-state index contributed by atoms with van der Waals surface area (Å²) >= 11 is 0. The van der Waals surface area contributed by atoms with Crippen molar-refractivity contribution in [3.63, 3.8) is 0 Å². The molecule has 0 aliphatic rings. The molecular formula is C31H41ClN12O6. The fourth-order valence-corrected chi connectivity index (χ4v) is 4.95. The number of halogens is 1. The molecule has 0 unspecified atom stereocenters. The van der Waals surface area contributed by atoms with Gasteiger partial charge in [0, 0.05) is 66.6 Å². The molecule has 0 spiro atoms. The smallest absolute Gasteiger partial charge is 0.344 e. The summed E-state index contributed by atoms with van der Waals surface area (Å²) in [5, 5.41) is 16.7. The first kappa shape index (κ1) is 38.6. The van der Waals surface area contributed by atoms with Crippen molar-refractivity contribution in [2.75, 3.05) is 55.5 Å². The van der Waals surface area contributed by atoms with Crippen molar-refractivity contribution >= 4 is 64.8 Å². The highest BCUT2D eigenvalue weighted by atomic mass is 35.5. The number of carbonyl (C=O) groups is 5. The Labute approximate surface area is 294 Å². The second-order valence-corrected chi connectivity index (χ2v) is 11.7. The van der Waals surface area contributed by atoms with Gasteiger partial charge in [-0.05, 0) is 51.3 Å². The third kappa shape index (κ3) is 9.38. The van der Waals surface area contributed by atoms with Crippen molar-refractivity contribution in [1.82, 2.24) is 33.5 Å². The monoisotopic (exact) mass is 712 g/mol. The van der Waals surface area contributed by atoms with Crippen LogP contribution in [0.4, 0.5) is 27.5 Å². The van der Waals surface area contributed by atoms with Crippen LogP contribution in [-0.2, 0) is 28.2 Å². The number of rotatable bonds is 13. The molecule has 4 heterocycles. The van der Waals surface area contributed by atoms with Crippen LogP contribution >= 0.6 is 12.4 Å². The van der Waals surface area contributed by atoms with E-state index in [1.807, 2.05) is 19.0 Å². The maximum absolute atomic E-state index is 13.2. The lowest BCUT2D eigenvalue weighted by Gasteiger charge is -2.10. The van der Waals surface area contributed by atoms with Gasteiger partial charge < -0.3 is 49.8 Å². The van der Waals surface area contributed by atoms with E-state index in [0.717, 1.165) is 13.0 Å². The quantitative estimate of drug-likeness (QED) is 0.0796. The van der Waals surface area contributed by atoms with Crippen LogP contribution in [0.25, 0.3) is 0 Å². The van der Waals surface area contributed by atoms with E-state index >= 15 is 0 Å². The first-order valence-electron chi connectivity index (χ1n) is 15.1. The van der Waals surface area contributed by atoms with Gasteiger partial charge in [-0.3, -0.25) is 19.2 Å². The van der Waals surface area contributed by atoms with E-state index in [0.29, 0.717) is 34.3 Å². The van der Waals surface area contributed by atoms with Gasteiger partial charge in [-0.1, -0.05) is 0 Å². The summed E-state index contributed by atoms with van der Waals surface area (Å²) in [6.45, 7) is 1.37. The van der Waals surface area contributed by atoms with E-state index in [2.05, 4.69) is 31.9 Å². The van der Waals surface area contributed by atoms with Gasteiger partial charge in [-0.25, -0.2) is 4.79 Å². The van der Waals surface area contributed by atoms with E-state index in [4.69, 9.17) is 0 Å². The number of urea groups is 1. The van der Waals surface area contributed by atoms with E-state index in [1.54, 1.807) is 62.0 Å². The maximum atomic E-state index is 13.2. The molecule has 0 radical (unpaired) electrons. The molecule has 0 aliphatic heterocycles. The molecule has 18 nitrogen and oxygen atoms in total. The minimum atomic E-state index is -0.768. The zero-order valence-corrected chi connectivity index (χ0v) is 29.5. The van der Waals surface area contributed by atoms with Crippen LogP contribution in [0.5, 0.6) is 0 Å². The summed E-state index contributed by atoms with van der Waals surface area (Å²) in [4.78, 5) is 76.4. The molecule has 4 aromatic rings. The Hall–Kier alpha value is -5.88. The van der Waals surface area contributed by atoms with Gasteiger partial charge in [-0.2, -0.15) is 5.01 Å². The van der Waals surface area contributed by atoms with E-state index < -0.39 is 23.8 Å². The highest BCUT2D eigenvalue weighted by molar-refractivity contribution is 6.09. The van der Waals surface area contributed by atoms with Crippen molar-refractivity contribution in [2.45, 2.75) is 6.42 Å². The zero-order valence-electron chi connectivity index (χ0n) is 28.7. The molecule has 4 aromatic heterocycles.